The van der Waals surface area contributed by atoms with Crippen LogP contribution in [0, 0.1) is 0 Å². The molecule has 1 aromatic rings. The number of hydrogen-bond donors (Lipinski definition) is 1. The zero-order valence-electron chi connectivity index (χ0n) is 13.9. The Kier molecular flexibility index (Phi) is 9.71. The van der Waals surface area contributed by atoms with Crippen molar-refractivity contribution in [3.63, 3.8) is 0 Å². The van der Waals surface area contributed by atoms with Crippen molar-refractivity contribution in [1.29, 1.82) is 0 Å². The Morgan fingerprint density at radius 2 is 1.55 bits per heavy atom. The highest BCUT2D eigenvalue weighted by Crippen LogP contribution is 2.34. The Hall–Kier alpha value is -1.38. The lowest BCUT2D eigenvalue weighted by molar-refractivity contribution is 0.368. The maximum absolute atomic E-state index is 6.00. The number of nitrogens with two attached hydrogens (primary N) is 1. The van der Waals surface area contributed by atoms with E-state index in [0.29, 0.717) is 29.8 Å². The average Bonchev–Trinajstić information content (AvgIpc) is 2.52. The van der Waals surface area contributed by atoms with Crippen LogP contribution in [0.1, 0.15) is 19.4 Å². The molecule has 0 amide bonds. The van der Waals surface area contributed by atoms with E-state index >= 15 is 0 Å². The molecule has 0 aliphatic rings. The smallest absolute Gasteiger partial charge is 0.191 e. The van der Waals surface area contributed by atoms with Gasteiger partial charge < -0.3 is 24.8 Å². The molecule has 0 fully saturated rings. The molecule has 126 valence electrons. The molecule has 0 aromatic heterocycles. The normalized spacial score (nSPS) is 10.7. The third kappa shape index (κ3) is 5.11. The molecule has 0 unspecified atom stereocenters. The van der Waals surface area contributed by atoms with E-state index in [4.69, 9.17) is 19.9 Å². The fraction of sp³-hybridized carbons (Fsp3) is 0.533. The van der Waals surface area contributed by atoms with E-state index in [0.717, 1.165) is 18.7 Å². The molecular weight excluding hydrogens is 397 g/mol. The number of halogens is 1. The minimum atomic E-state index is 0. The van der Waals surface area contributed by atoms with Crippen LogP contribution in [-0.2, 0) is 6.54 Å². The van der Waals surface area contributed by atoms with Crippen LogP contribution in [0.25, 0.3) is 0 Å². The SMILES string of the molecule is CCN(CC)C(N)=NCc1c(OC)cc(OC)cc1OC.I. The molecule has 0 aliphatic heterocycles. The van der Waals surface area contributed by atoms with Crippen molar-refractivity contribution < 1.29 is 14.2 Å². The number of benzene rings is 1. The molecule has 0 atom stereocenters. The molecule has 0 radical (unpaired) electrons. The summed E-state index contributed by atoms with van der Waals surface area (Å²) in [5.41, 5.74) is 6.84. The molecule has 0 heterocycles. The van der Waals surface area contributed by atoms with Crippen LogP contribution in [0.3, 0.4) is 0 Å². The topological polar surface area (TPSA) is 69.3 Å². The Morgan fingerprint density at radius 3 is 1.91 bits per heavy atom. The number of ether oxygens (including phenoxy) is 3. The van der Waals surface area contributed by atoms with Crippen LogP contribution in [0.15, 0.2) is 17.1 Å². The Balaban J connectivity index is 0.00000441. The van der Waals surface area contributed by atoms with E-state index in [1.54, 1.807) is 33.5 Å². The minimum absolute atomic E-state index is 0. The van der Waals surface area contributed by atoms with Gasteiger partial charge in [0.15, 0.2) is 5.96 Å². The van der Waals surface area contributed by atoms with Crippen LogP contribution in [-0.4, -0.2) is 45.3 Å². The average molecular weight is 423 g/mol. The zero-order valence-corrected chi connectivity index (χ0v) is 16.2. The van der Waals surface area contributed by atoms with Gasteiger partial charge in [-0.15, -0.1) is 24.0 Å². The molecule has 1 rings (SSSR count). The highest BCUT2D eigenvalue weighted by molar-refractivity contribution is 14.0. The third-order valence-corrected chi connectivity index (χ3v) is 3.30. The van der Waals surface area contributed by atoms with Gasteiger partial charge in [0.1, 0.15) is 17.2 Å². The number of hydrogen-bond acceptors (Lipinski definition) is 4. The van der Waals surface area contributed by atoms with Crippen molar-refractivity contribution in [2.24, 2.45) is 10.7 Å². The van der Waals surface area contributed by atoms with Crippen molar-refractivity contribution in [3.8, 4) is 17.2 Å². The summed E-state index contributed by atoms with van der Waals surface area (Å²) in [7, 11) is 4.81. The highest BCUT2D eigenvalue weighted by atomic mass is 127. The number of nitrogens with zero attached hydrogens (tertiary/aromatic N) is 2. The molecule has 7 heteroatoms. The lowest BCUT2D eigenvalue weighted by atomic mass is 10.1. The molecule has 0 bridgehead atoms. The van der Waals surface area contributed by atoms with Gasteiger partial charge in [0.2, 0.25) is 0 Å². The van der Waals surface area contributed by atoms with Crippen molar-refractivity contribution >= 4 is 29.9 Å². The summed E-state index contributed by atoms with van der Waals surface area (Å²) in [5.74, 6) is 2.53. The van der Waals surface area contributed by atoms with Gasteiger partial charge in [-0.3, -0.25) is 0 Å². The number of methoxy groups -OCH3 is 3. The third-order valence-electron chi connectivity index (χ3n) is 3.30. The van der Waals surface area contributed by atoms with Gasteiger partial charge in [-0.25, -0.2) is 4.99 Å². The van der Waals surface area contributed by atoms with Crippen molar-refractivity contribution in [1.82, 2.24) is 4.90 Å². The molecule has 0 saturated heterocycles. The summed E-state index contributed by atoms with van der Waals surface area (Å²) >= 11 is 0. The molecule has 22 heavy (non-hydrogen) atoms. The summed E-state index contributed by atoms with van der Waals surface area (Å²) < 4.78 is 16.0. The molecule has 6 nitrogen and oxygen atoms in total. The first-order chi connectivity index (χ1) is 10.1. The van der Waals surface area contributed by atoms with E-state index in [-0.39, 0.29) is 24.0 Å². The maximum atomic E-state index is 6.00. The Bertz CT molecular complexity index is 466. The first kappa shape index (κ1) is 20.6. The molecule has 0 spiro atoms. The molecule has 1 aromatic carbocycles. The first-order valence-electron chi connectivity index (χ1n) is 6.94. The lowest BCUT2D eigenvalue weighted by Gasteiger charge is -2.20. The van der Waals surface area contributed by atoms with E-state index in [1.807, 2.05) is 18.7 Å². The van der Waals surface area contributed by atoms with Crippen LogP contribution >= 0.6 is 24.0 Å². The monoisotopic (exact) mass is 423 g/mol. The second-order valence-electron chi connectivity index (χ2n) is 4.36. The van der Waals surface area contributed by atoms with Crippen molar-refractivity contribution in [2.75, 3.05) is 34.4 Å². The van der Waals surface area contributed by atoms with Crippen LogP contribution in [0.2, 0.25) is 0 Å². The lowest BCUT2D eigenvalue weighted by Crippen LogP contribution is -2.37. The summed E-state index contributed by atoms with van der Waals surface area (Å²) in [5, 5.41) is 0. The highest BCUT2D eigenvalue weighted by Gasteiger charge is 2.13. The van der Waals surface area contributed by atoms with Gasteiger partial charge in [0.25, 0.3) is 0 Å². The zero-order chi connectivity index (χ0) is 15.8. The van der Waals surface area contributed by atoms with Gasteiger partial charge in [-0.1, -0.05) is 0 Å². The molecule has 0 saturated carbocycles. The van der Waals surface area contributed by atoms with Gasteiger partial charge in [-0.05, 0) is 13.8 Å². The van der Waals surface area contributed by atoms with Gasteiger partial charge >= 0.3 is 0 Å². The molecule has 0 aliphatic carbocycles. The quantitative estimate of drug-likeness (QED) is 0.415. The fourth-order valence-electron chi connectivity index (χ4n) is 2.04. The van der Waals surface area contributed by atoms with E-state index in [1.165, 1.54) is 0 Å². The number of rotatable bonds is 7. The Morgan fingerprint density at radius 1 is 1.05 bits per heavy atom. The van der Waals surface area contributed by atoms with Gasteiger partial charge in [0.05, 0.1) is 33.4 Å². The summed E-state index contributed by atoms with van der Waals surface area (Å²) in [6, 6.07) is 3.61. The Labute approximate surface area is 149 Å². The van der Waals surface area contributed by atoms with E-state index in [2.05, 4.69) is 4.99 Å². The standard InChI is InChI=1S/C15H25N3O3.HI/c1-6-18(7-2)15(16)17-10-12-13(20-4)8-11(19-3)9-14(12)21-5;/h8-9H,6-7,10H2,1-5H3,(H2,16,17);1H. The second-order valence-corrected chi connectivity index (χ2v) is 4.36. The van der Waals surface area contributed by atoms with Crippen molar-refractivity contribution in [3.05, 3.63) is 17.7 Å². The van der Waals surface area contributed by atoms with E-state index < -0.39 is 0 Å². The van der Waals surface area contributed by atoms with Crippen LogP contribution < -0.4 is 19.9 Å². The fourth-order valence-corrected chi connectivity index (χ4v) is 2.04. The van der Waals surface area contributed by atoms with Crippen LogP contribution in [0.5, 0.6) is 17.2 Å². The predicted molar refractivity (Wildman–Crippen MR) is 99.8 cm³/mol. The molecular formula is C15H26IN3O3. The number of aliphatic imine (C=N–C) groups is 1. The second kappa shape index (κ2) is 10.4. The van der Waals surface area contributed by atoms with Crippen LogP contribution in [0.4, 0.5) is 0 Å². The molecule has 2 N–H and O–H groups in total. The predicted octanol–water partition coefficient (Wildman–Crippen LogP) is 2.49. The summed E-state index contributed by atoms with van der Waals surface area (Å²) in [6.45, 7) is 6.12. The van der Waals surface area contributed by atoms with Gasteiger partial charge in [-0.2, -0.15) is 0 Å². The summed E-state index contributed by atoms with van der Waals surface area (Å²) in [4.78, 5) is 6.42. The van der Waals surface area contributed by atoms with Crippen molar-refractivity contribution in [2.45, 2.75) is 20.4 Å². The minimum Gasteiger partial charge on any atom is -0.496 e. The maximum Gasteiger partial charge on any atom is 0.191 e. The number of guanidine groups is 1. The van der Waals surface area contributed by atoms with Gasteiger partial charge in [0, 0.05) is 25.2 Å². The first-order valence-corrected chi connectivity index (χ1v) is 6.94. The summed E-state index contributed by atoms with van der Waals surface area (Å²) in [6.07, 6.45) is 0. The van der Waals surface area contributed by atoms with E-state index in [9.17, 15) is 0 Å². The largest absolute Gasteiger partial charge is 0.496 e.